The summed E-state index contributed by atoms with van der Waals surface area (Å²) in [4.78, 5) is 2.37. The summed E-state index contributed by atoms with van der Waals surface area (Å²) < 4.78 is 5.24. The third-order valence-electron chi connectivity index (χ3n) is 3.76. The van der Waals surface area contributed by atoms with Crippen molar-refractivity contribution in [2.24, 2.45) is 0 Å². The molecular weight excluding hydrogens is 248 g/mol. The minimum Gasteiger partial charge on any atom is -0.497 e. The van der Waals surface area contributed by atoms with Gasteiger partial charge in [0.15, 0.2) is 0 Å². The lowest BCUT2D eigenvalue weighted by Gasteiger charge is -2.26. The predicted molar refractivity (Wildman–Crippen MR) is 82.7 cm³/mol. The summed E-state index contributed by atoms with van der Waals surface area (Å²) >= 11 is 0. The Balaban J connectivity index is 2.01. The van der Waals surface area contributed by atoms with E-state index in [1.54, 1.807) is 7.11 Å². The number of hydrogen-bond donors (Lipinski definition) is 1. The summed E-state index contributed by atoms with van der Waals surface area (Å²) in [6.45, 7) is 4.11. The van der Waals surface area contributed by atoms with Gasteiger partial charge in [-0.25, -0.2) is 0 Å². The van der Waals surface area contributed by atoms with Crippen LogP contribution in [0.1, 0.15) is 12.5 Å². The van der Waals surface area contributed by atoms with E-state index in [1.165, 1.54) is 16.9 Å². The molecule has 1 atom stereocenters. The highest BCUT2D eigenvalue weighted by atomic mass is 16.5. The van der Waals surface area contributed by atoms with Crippen LogP contribution in [0.5, 0.6) is 5.75 Å². The Bertz CT molecular complexity index is 580. The van der Waals surface area contributed by atoms with Crippen molar-refractivity contribution in [2.75, 3.05) is 18.6 Å². The quantitative estimate of drug-likeness (QED) is 0.904. The van der Waals surface area contributed by atoms with Crippen molar-refractivity contribution in [2.45, 2.75) is 19.5 Å². The zero-order valence-electron chi connectivity index (χ0n) is 12.0. The van der Waals surface area contributed by atoms with Gasteiger partial charge in [0.25, 0.3) is 0 Å². The minimum absolute atomic E-state index is 0.449. The SMILES string of the molecule is COc1ccc(N2CC(C)NCc3ccccc32)cc1. The molecule has 1 aliphatic heterocycles. The highest BCUT2D eigenvalue weighted by molar-refractivity contribution is 5.67. The number of benzene rings is 2. The van der Waals surface area contributed by atoms with Gasteiger partial charge in [-0.3, -0.25) is 0 Å². The van der Waals surface area contributed by atoms with Crippen LogP contribution in [-0.4, -0.2) is 19.7 Å². The topological polar surface area (TPSA) is 24.5 Å². The van der Waals surface area contributed by atoms with E-state index in [2.05, 4.69) is 53.5 Å². The molecule has 0 amide bonds. The van der Waals surface area contributed by atoms with E-state index in [0.29, 0.717) is 6.04 Å². The zero-order valence-corrected chi connectivity index (χ0v) is 12.0. The van der Waals surface area contributed by atoms with Gasteiger partial charge in [-0.15, -0.1) is 0 Å². The molecule has 0 saturated heterocycles. The average Bonchev–Trinajstić information content (AvgIpc) is 2.67. The molecule has 0 fully saturated rings. The first-order valence-electron chi connectivity index (χ1n) is 7.01. The van der Waals surface area contributed by atoms with Crippen LogP contribution in [0.3, 0.4) is 0 Å². The second-order valence-corrected chi connectivity index (χ2v) is 5.22. The summed E-state index contributed by atoms with van der Waals surface area (Å²) in [6.07, 6.45) is 0. The van der Waals surface area contributed by atoms with Crippen LogP contribution in [-0.2, 0) is 6.54 Å². The number of ether oxygens (including phenoxy) is 1. The first-order valence-corrected chi connectivity index (χ1v) is 7.01. The molecule has 1 N–H and O–H groups in total. The van der Waals surface area contributed by atoms with Crippen LogP contribution in [0.15, 0.2) is 48.5 Å². The van der Waals surface area contributed by atoms with Gasteiger partial charge in [0.1, 0.15) is 5.75 Å². The summed E-state index contributed by atoms with van der Waals surface area (Å²) in [6, 6.07) is 17.3. The Morgan fingerprint density at radius 3 is 2.60 bits per heavy atom. The zero-order chi connectivity index (χ0) is 13.9. The largest absolute Gasteiger partial charge is 0.497 e. The van der Waals surface area contributed by atoms with Crippen molar-refractivity contribution in [3.8, 4) is 5.75 Å². The molecule has 104 valence electrons. The van der Waals surface area contributed by atoms with Crippen molar-refractivity contribution in [3.63, 3.8) is 0 Å². The van der Waals surface area contributed by atoms with Gasteiger partial charge in [-0.1, -0.05) is 18.2 Å². The minimum atomic E-state index is 0.449. The fourth-order valence-corrected chi connectivity index (χ4v) is 2.65. The summed E-state index contributed by atoms with van der Waals surface area (Å²) in [7, 11) is 1.70. The third-order valence-corrected chi connectivity index (χ3v) is 3.76. The monoisotopic (exact) mass is 268 g/mol. The van der Waals surface area contributed by atoms with Crippen LogP contribution >= 0.6 is 0 Å². The van der Waals surface area contributed by atoms with E-state index in [-0.39, 0.29) is 0 Å². The maximum Gasteiger partial charge on any atom is 0.119 e. The van der Waals surface area contributed by atoms with Crippen LogP contribution in [0, 0.1) is 0 Å². The number of para-hydroxylation sites is 1. The van der Waals surface area contributed by atoms with Gasteiger partial charge in [0.05, 0.1) is 7.11 Å². The maximum atomic E-state index is 5.24. The maximum absolute atomic E-state index is 5.24. The fourth-order valence-electron chi connectivity index (χ4n) is 2.65. The molecule has 3 heteroatoms. The van der Waals surface area contributed by atoms with Crippen LogP contribution in [0.4, 0.5) is 11.4 Å². The molecule has 2 aromatic carbocycles. The molecule has 0 bridgehead atoms. The second kappa shape index (κ2) is 5.55. The van der Waals surface area contributed by atoms with Gasteiger partial charge in [0.2, 0.25) is 0 Å². The van der Waals surface area contributed by atoms with Crippen molar-refractivity contribution in [1.29, 1.82) is 0 Å². The van der Waals surface area contributed by atoms with Crippen molar-refractivity contribution >= 4 is 11.4 Å². The highest BCUT2D eigenvalue weighted by Crippen LogP contribution is 2.31. The normalized spacial score (nSPS) is 18.3. The van der Waals surface area contributed by atoms with Crippen LogP contribution in [0.2, 0.25) is 0 Å². The molecular formula is C17H20N2O. The molecule has 0 aromatic heterocycles. The standard InChI is InChI=1S/C17H20N2O/c1-13-12-19(15-7-9-16(20-2)10-8-15)17-6-4-3-5-14(17)11-18-13/h3-10,13,18H,11-12H2,1-2H3. The Kier molecular flexibility index (Phi) is 3.61. The highest BCUT2D eigenvalue weighted by Gasteiger charge is 2.19. The third kappa shape index (κ3) is 2.49. The number of nitrogens with one attached hydrogen (secondary N) is 1. The molecule has 1 aliphatic rings. The van der Waals surface area contributed by atoms with Gasteiger partial charge < -0.3 is 15.0 Å². The number of fused-ring (bicyclic) bond motifs is 1. The van der Waals surface area contributed by atoms with Gasteiger partial charge in [-0.2, -0.15) is 0 Å². The first-order chi connectivity index (χ1) is 9.78. The molecule has 0 radical (unpaired) electrons. The number of rotatable bonds is 2. The molecule has 3 nitrogen and oxygen atoms in total. The Morgan fingerprint density at radius 1 is 1.10 bits per heavy atom. The number of nitrogens with zero attached hydrogens (tertiary/aromatic N) is 1. The van der Waals surface area contributed by atoms with E-state index in [9.17, 15) is 0 Å². The molecule has 1 unspecified atom stereocenters. The van der Waals surface area contributed by atoms with E-state index in [0.717, 1.165) is 18.8 Å². The molecule has 3 rings (SSSR count). The second-order valence-electron chi connectivity index (χ2n) is 5.22. The summed E-state index contributed by atoms with van der Waals surface area (Å²) in [5, 5.41) is 3.56. The number of hydrogen-bond acceptors (Lipinski definition) is 3. The number of methoxy groups -OCH3 is 1. The average molecular weight is 268 g/mol. The Hall–Kier alpha value is -2.00. The molecule has 0 aliphatic carbocycles. The summed E-state index contributed by atoms with van der Waals surface area (Å²) in [5.41, 5.74) is 3.83. The van der Waals surface area contributed by atoms with Crippen molar-refractivity contribution in [1.82, 2.24) is 5.32 Å². The van der Waals surface area contributed by atoms with Gasteiger partial charge >= 0.3 is 0 Å². The Labute approximate surface area is 120 Å². The van der Waals surface area contributed by atoms with E-state index in [4.69, 9.17) is 4.74 Å². The lowest BCUT2D eigenvalue weighted by atomic mass is 10.1. The lowest BCUT2D eigenvalue weighted by molar-refractivity contribution is 0.415. The van der Waals surface area contributed by atoms with Gasteiger partial charge in [-0.05, 0) is 42.8 Å². The first kappa shape index (κ1) is 13.0. The fraction of sp³-hybridized carbons (Fsp3) is 0.294. The van der Waals surface area contributed by atoms with Crippen LogP contribution < -0.4 is 15.0 Å². The van der Waals surface area contributed by atoms with Gasteiger partial charge in [0, 0.05) is 30.5 Å². The molecule has 1 heterocycles. The van der Waals surface area contributed by atoms with E-state index < -0.39 is 0 Å². The van der Waals surface area contributed by atoms with E-state index in [1.807, 2.05) is 12.1 Å². The Morgan fingerprint density at radius 2 is 1.85 bits per heavy atom. The molecule has 20 heavy (non-hydrogen) atoms. The smallest absolute Gasteiger partial charge is 0.119 e. The van der Waals surface area contributed by atoms with Crippen molar-refractivity contribution in [3.05, 3.63) is 54.1 Å². The lowest BCUT2D eigenvalue weighted by Crippen LogP contribution is -2.33. The number of anilines is 2. The molecule has 0 saturated carbocycles. The molecule has 2 aromatic rings. The van der Waals surface area contributed by atoms with Crippen molar-refractivity contribution < 1.29 is 4.74 Å². The predicted octanol–water partition coefficient (Wildman–Crippen LogP) is 3.33. The molecule has 0 spiro atoms. The summed E-state index contributed by atoms with van der Waals surface area (Å²) in [5.74, 6) is 0.892. The van der Waals surface area contributed by atoms with Crippen LogP contribution in [0.25, 0.3) is 0 Å². The van der Waals surface area contributed by atoms with E-state index >= 15 is 0 Å².